The van der Waals surface area contributed by atoms with E-state index >= 15 is 0 Å². The lowest BCUT2D eigenvalue weighted by Gasteiger charge is -2.16. The van der Waals surface area contributed by atoms with Gasteiger partial charge < -0.3 is 9.47 Å². The number of thioether (sulfide) groups is 1. The second-order valence-corrected chi connectivity index (χ2v) is 10.2. The molecule has 4 nitrogen and oxygen atoms in total. The molecule has 3 aromatic carbocycles. The van der Waals surface area contributed by atoms with Crippen molar-refractivity contribution in [1.82, 2.24) is 0 Å². The third-order valence-corrected chi connectivity index (χ3v) is 7.08. The predicted octanol–water partition coefficient (Wildman–Crippen LogP) is 8.40. The van der Waals surface area contributed by atoms with Gasteiger partial charge in [-0.1, -0.05) is 65.4 Å². The number of benzene rings is 3. The molecule has 0 aliphatic carbocycles. The van der Waals surface area contributed by atoms with Gasteiger partial charge in [-0.25, -0.2) is 0 Å². The number of halogens is 5. The molecule has 0 bridgehead atoms. The Morgan fingerprint density at radius 3 is 2.51 bits per heavy atom. The first-order chi connectivity index (χ1) is 17.6. The van der Waals surface area contributed by atoms with E-state index in [1.165, 1.54) is 12.1 Å². The maximum atomic E-state index is 13.1. The highest BCUT2D eigenvalue weighted by molar-refractivity contribution is 8.27. The zero-order valence-electron chi connectivity index (χ0n) is 19.1. The molecule has 0 N–H and O–H groups in total. The normalized spacial score (nSPS) is 15.0. The van der Waals surface area contributed by atoms with Crippen LogP contribution in [-0.2, 0) is 17.6 Å². The second-order valence-electron chi connectivity index (χ2n) is 7.73. The van der Waals surface area contributed by atoms with Crippen molar-refractivity contribution in [1.29, 1.82) is 0 Å². The van der Waals surface area contributed by atoms with Crippen LogP contribution < -0.4 is 14.4 Å². The Kier molecular flexibility index (Phi) is 8.38. The molecular formula is C26H18Cl2F3NO3S2. The van der Waals surface area contributed by atoms with E-state index in [1.807, 2.05) is 6.92 Å². The number of hydrogen-bond acceptors (Lipinski definition) is 5. The number of carbonyl (C=O) groups is 1. The summed E-state index contributed by atoms with van der Waals surface area (Å²) in [6.45, 7) is 2.39. The Morgan fingerprint density at radius 2 is 1.81 bits per heavy atom. The van der Waals surface area contributed by atoms with Gasteiger partial charge in [-0.05, 0) is 61.0 Å². The molecule has 11 heteroatoms. The van der Waals surface area contributed by atoms with Crippen molar-refractivity contribution in [3.63, 3.8) is 0 Å². The monoisotopic (exact) mass is 583 g/mol. The summed E-state index contributed by atoms with van der Waals surface area (Å²) in [5.41, 5.74) is 0.570. The Hall–Kier alpha value is -2.72. The lowest BCUT2D eigenvalue weighted by molar-refractivity contribution is -0.137. The van der Waals surface area contributed by atoms with Gasteiger partial charge in [0, 0.05) is 15.6 Å². The fraction of sp³-hybridized carbons (Fsp3) is 0.154. The summed E-state index contributed by atoms with van der Waals surface area (Å²) in [6.07, 6.45) is -2.93. The number of nitrogens with zero attached hydrogens (tertiary/aromatic N) is 1. The molecule has 4 rings (SSSR count). The van der Waals surface area contributed by atoms with Gasteiger partial charge in [-0.3, -0.25) is 9.69 Å². The molecule has 0 aromatic heterocycles. The number of alkyl halides is 3. The minimum Gasteiger partial charge on any atom is -0.490 e. The average molecular weight is 584 g/mol. The summed E-state index contributed by atoms with van der Waals surface area (Å²) in [7, 11) is 0. The fourth-order valence-electron chi connectivity index (χ4n) is 3.46. The van der Waals surface area contributed by atoms with E-state index in [1.54, 1.807) is 42.5 Å². The molecule has 3 aromatic rings. The van der Waals surface area contributed by atoms with Gasteiger partial charge >= 0.3 is 6.18 Å². The van der Waals surface area contributed by atoms with Crippen molar-refractivity contribution in [2.75, 3.05) is 11.5 Å². The van der Waals surface area contributed by atoms with E-state index in [0.29, 0.717) is 33.7 Å². The van der Waals surface area contributed by atoms with Gasteiger partial charge in [-0.15, -0.1) is 0 Å². The van der Waals surface area contributed by atoms with Crippen molar-refractivity contribution in [3.8, 4) is 11.5 Å². The van der Waals surface area contributed by atoms with Gasteiger partial charge in [0.05, 0.1) is 22.8 Å². The molecule has 192 valence electrons. The van der Waals surface area contributed by atoms with E-state index in [-0.39, 0.29) is 21.5 Å². The minimum absolute atomic E-state index is 0.0559. The number of hydrogen-bond donors (Lipinski definition) is 0. The van der Waals surface area contributed by atoms with Crippen LogP contribution in [0.4, 0.5) is 18.9 Å². The molecule has 37 heavy (non-hydrogen) atoms. The van der Waals surface area contributed by atoms with Crippen LogP contribution in [0.2, 0.25) is 10.0 Å². The topological polar surface area (TPSA) is 38.8 Å². The van der Waals surface area contributed by atoms with E-state index in [4.69, 9.17) is 44.9 Å². The molecule has 1 heterocycles. The first-order valence-electron chi connectivity index (χ1n) is 10.9. The summed E-state index contributed by atoms with van der Waals surface area (Å²) in [5.74, 6) is 0.418. The van der Waals surface area contributed by atoms with Crippen LogP contribution in [0.5, 0.6) is 11.5 Å². The highest BCUT2D eigenvalue weighted by Crippen LogP contribution is 2.39. The zero-order chi connectivity index (χ0) is 26.7. The summed E-state index contributed by atoms with van der Waals surface area (Å²) < 4.78 is 51.2. The van der Waals surface area contributed by atoms with Gasteiger partial charge in [0.25, 0.3) is 5.91 Å². The maximum absolute atomic E-state index is 13.1. The van der Waals surface area contributed by atoms with Crippen molar-refractivity contribution in [3.05, 3.63) is 92.3 Å². The minimum atomic E-state index is -4.54. The van der Waals surface area contributed by atoms with Crippen LogP contribution >= 0.6 is 47.2 Å². The van der Waals surface area contributed by atoms with E-state index in [9.17, 15) is 18.0 Å². The first kappa shape index (κ1) is 27.3. The lowest BCUT2D eigenvalue weighted by atomic mass is 10.1. The van der Waals surface area contributed by atoms with Gasteiger partial charge in [0.2, 0.25) is 0 Å². The molecule has 0 atom stereocenters. The second kappa shape index (κ2) is 11.3. The Balaban J connectivity index is 1.56. The Labute approximate surface area is 231 Å². The number of amides is 1. The molecule has 0 radical (unpaired) electrons. The summed E-state index contributed by atoms with van der Waals surface area (Å²) in [5, 5.41) is 0.997. The molecule has 0 saturated carbocycles. The van der Waals surface area contributed by atoms with Gasteiger partial charge in [0.1, 0.15) is 6.61 Å². The van der Waals surface area contributed by atoms with Crippen LogP contribution in [0.3, 0.4) is 0 Å². The van der Waals surface area contributed by atoms with E-state index in [2.05, 4.69) is 0 Å². The number of carbonyl (C=O) groups excluding carboxylic acids is 1. The highest BCUT2D eigenvalue weighted by Gasteiger charge is 2.36. The Bertz CT molecular complexity index is 1400. The van der Waals surface area contributed by atoms with Crippen molar-refractivity contribution in [2.45, 2.75) is 19.7 Å². The van der Waals surface area contributed by atoms with Crippen LogP contribution in [0.15, 0.2) is 65.6 Å². The summed E-state index contributed by atoms with van der Waals surface area (Å²) in [4.78, 5) is 14.4. The predicted molar refractivity (Wildman–Crippen MR) is 146 cm³/mol. The maximum Gasteiger partial charge on any atom is 0.416 e. The molecule has 1 saturated heterocycles. The molecular weight excluding hydrogens is 566 g/mol. The standard InChI is InChI=1S/C26H18Cl2F3NO3S2/c1-2-34-22-10-15(6-9-21(22)35-14-16-7-8-18(27)13-20(16)28)11-23-24(33)32(25(36)37-23)19-5-3-4-17(12-19)26(29,30)31/h3-13H,2,14H2,1H3/b23-11+. The number of anilines is 1. The quantitative estimate of drug-likeness (QED) is 0.206. The van der Waals surface area contributed by atoms with Crippen LogP contribution in [0.25, 0.3) is 6.08 Å². The third kappa shape index (κ3) is 6.41. The molecule has 1 aliphatic rings. The lowest BCUT2D eigenvalue weighted by Crippen LogP contribution is -2.27. The average Bonchev–Trinajstić information content (AvgIpc) is 3.11. The van der Waals surface area contributed by atoms with E-state index in [0.717, 1.165) is 34.4 Å². The largest absolute Gasteiger partial charge is 0.490 e. The third-order valence-electron chi connectivity index (χ3n) is 5.19. The van der Waals surface area contributed by atoms with Crippen LogP contribution in [-0.4, -0.2) is 16.8 Å². The Morgan fingerprint density at radius 1 is 1.03 bits per heavy atom. The van der Waals surface area contributed by atoms with Crippen molar-refractivity contribution < 1.29 is 27.4 Å². The number of rotatable bonds is 7. The summed E-state index contributed by atoms with van der Waals surface area (Å²) in [6, 6.07) is 14.8. The molecule has 1 aliphatic heterocycles. The van der Waals surface area contributed by atoms with Crippen molar-refractivity contribution in [2.24, 2.45) is 0 Å². The smallest absolute Gasteiger partial charge is 0.416 e. The highest BCUT2D eigenvalue weighted by atomic mass is 35.5. The number of ether oxygens (including phenoxy) is 2. The zero-order valence-corrected chi connectivity index (χ0v) is 22.3. The molecule has 1 fully saturated rings. The SMILES string of the molecule is CCOc1cc(/C=C2/SC(=S)N(c3cccc(C(F)(F)F)c3)C2=O)ccc1OCc1ccc(Cl)cc1Cl. The fourth-order valence-corrected chi connectivity index (χ4v) is 5.22. The summed E-state index contributed by atoms with van der Waals surface area (Å²) >= 11 is 18.5. The molecule has 0 spiro atoms. The first-order valence-corrected chi connectivity index (χ1v) is 12.8. The van der Waals surface area contributed by atoms with Gasteiger partial charge in [-0.2, -0.15) is 13.2 Å². The van der Waals surface area contributed by atoms with E-state index < -0.39 is 17.6 Å². The van der Waals surface area contributed by atoms with Crippen LogP contribution in [0, 0.1) is 0 Å². The molecule has 0 unspecified atom stereocenters. The molecule has 1 amide bonds. The van der Waals surface area contributed by atoms with Crippen molar-refractivity contribution >= 4 is 69.2 Å². The number of thiocarbonyl (C=S) groups is 1. The van der Waals surface area contributed by atoms with Gasteiger partial charge in [0.15, 0.2) is 15.8 Å². The van der Waals surface area contributed by atoms with Crippen LogP contribution in [0.1, 0.15) is 23.6 Å².